The first-order valence-electron chi connectivity index (χ1n) is 11.5. The van der Waals surface area contributed by atoms with Crippen LogP contribution in [0.5, 0.6) is 0 Å². The van der Waals surface area contributed by atoms with Gasteiger partial charge < -0.3 is 19.2 Å². The summed E-state index contributed by atoms with van der Waals surface area (Å²) in [6.45, 7) is 4.28. The molecule has 39 heavy (non-hydrogen) atoms. The predicted octanol–water partition coefficient (Wildman–Crippen LogP) is 4.64. The predicted molar refractivity (Wildman–Crippen MR) is 122 cm³/mol. The topological polar surface area (TPSA) is 122 Å². The van der Waals surface area contributed by atoms with E-state index in [0.717, 1.165) is 43.9 Å². The van der Waals surface area contributed by atoms with E-state index in [0.29, 0.717) is 5.41 Å². The summed E-state index contributed by atoms with van der Waals surface area (Å²) in [4.78, 5) is 29.3. The van der Waals surface area contributed by atoms with E-state index in [-0.39, 0.29) is 0 Å². The lowest BCUT2D eigenvalue weighted by molar-refractivity contribution is -0.193. The Labute approximate surface area is 217 Å². The van der Waals surface area contributed by atoms with Crippen LogP contribution in [0.15, 0.2) is 53.5 Å². The third-order valence-corrected chi connectivity index (χ3v) is 6.28. The fourth-order valence-corrected chi connectivity index (χ4v) is 4.35. The van der Waals surface area contributed by atoms with Gasteiger partial charge in [0.15, 0.2) is 0 Å². The lowest BCUT2D eigenvalue weighted by Crippen LogP contribution is -2.40. The van der Waals surface area contributed by atoms with Crippen molar-refractivity contribution in [2.45, 2.75) is 44.7 Å². The number of pyridine rings is 1. The van der Waals surface area contributed by atoms with Crippen LogP contribution in [-0.4, -0.2) is 67.0 Å². The van der Waals surface area contributed by atoms with Crippen molar-refractivity contribution in [3.63, 3.8) is 0 Å². The number of furan rings is 1. The number of aliphatic carboxylic acids is 2. The molecule has 3 aromatic rings. The molecule has 0 amide bonds. The van der Waals surface area contributed by atoms with Crippen LogP contribution >= 0.6 is 0 Å². The Kier molecular flexibility index (Phi) is 9.04. The van der Waals surface area contributed by atoms with Gasteiger partial charge in [-0.2, -0.15) is 26.3 Å². The number of aromatic nitrogens is 3. The lowest BCUT2D eigenvalue weighted by atomic mass is 9.77. The fourth-order valence-electron chi connectivity index (χ4n) is 4.35. The van der Waals surface area contributed by atoms with E-state index >= 15 is 0 Å². The van der Waals surface area contributed by atoms with Crippen LogP contribution in [-0.2, 0) is 29.1 Å². The average molecular weight is 562 g/mol. The van der Waals surface area contributed by atoms with E-state index in [9.17, 15) is 26.3 Å². The summed E-state index contributed by atoms with van der Waals surface area (Å²) in [5, 5.41) is 14.2. The average Bonchev–Trinajstić information content (AvgIpc) is 3.58. The van der Waals surface area contributed by atoms with Crippen molar-refractivity contribution in [2.75, 3.05) is 13.1 Å². The molecule has 0 aromatic carbocycles. The molecule has 3 aromatic heterocycles. The number of hydrogen-bond acceptors (Lipinski definition) is 6. The van der Waals surface area contributed by atoms with Gasteiger partial charge in [0.25, 0.3) is 0 Å². The maximum Gasteiger partial charge on any atom is 0.490 e. The molecule has 1 spiro atoms. The number of carbonyl (C=O) groups is 2. The number of alkyl halides is 6. The highest BCUT2D eigenvalue weighted by molar-refractivity contribution is 5.73. The van der Waals surface area contributed by atoms with Crippen molar-refractivity contribution in [2.24, 2.45) is 5.41 Å². The van der Waals surface area contributed by atoms with Gasteiger partial charge in [-0.05, 0) is 55.6 Å². The normalized spacial score (nSPS) is 16.5. The van der Waals surface area contributed by atoms with Gasteiger partial charge in [-0.25, -0.2) is 14.6 Å². The van der Waals surface area contributed by atoms with Gasteiger partial charge in [0.2, 0.25) is 0 Å². The Morgan fingerprint density at radius 3 is 2.08 bits per heavy atom. The molecular weight excluding hydrogens is 538 g/mol. The molecule has 212 valence electrons. The molecule has 0 aliphatic carbocycles. The molecule has 0 saturated carbocycles. The second-order valence-corrected chi connectivity index (χ2v) is 9.03. The minimum absolute atomic E-state index is 0.375. The van der Waals surface area contributed by atoms with Crippen molar-refractivity contribution in [3.05, 3.63) is 60.7 Å². The number of imidazole rings is 1. The van der Waals surface area contributed by atoms with Crippen LogP contribution < -0.4 is 0 Å². The highest BCUT2D eigenvalue weighted by atomic mass is 19.4. The zero-order valence-corrected chi connectivity index (χ0v) is 20.2. The molecule has 2 N–H and O–H groups in total. The SMILES string of the molecule is O=C(O)C(F)(F)F.O=C(O)C(F)(F)F.c1cncc(-c2cnc3n2CC2(CCN(Cc4ccco4)CC2)C3)c1. The summed E-state index contributed by atoms with van der Waals surface area (Å²) < 4.78 is 71.4. The molecule has 0 atom stereocenters. The minimum Gasteiger partial charge on any atom is -0.475 e. The molecule has 15 heteroatoms. The number of carboxylic acid groups (broad SMARTS) is 2. The molecule has 5 heterocycles. The van der Waals surface area contributed by atoms with Crippen molar-refractivity contribution in [3.8, 4) is 11.3 Å². The van der Waals surface area contributed by atoms with Crippen LogP contribution in [0.4, 0.5) is 26.3 Å². The van der Waals surface area contributed by atoms with Gasteiger partial charge in [-0.1, -0.05) is 0 Å². The van der Waals surface area contributed by atoms with Crippen LogP contribution in [0.2, 0.25) is 0 Å². The fraction of sp³-hybridized carbons (Fsp3) is 0.417. The highest BCUT2D eigenvalue weighted by Crippen LogP contribution is 2.43. The zero-order valence-electron chi connectivity index (χ0n) is 20.2. The number of halogens is 6. The monoisotopic (exact) mass is 562 g/mol. The third-order valence-electron chi connectivity index (χ3n) is 6.28. The Morgan fingerprint density at radius 2 is 1.59 bits per heavy atom. The molecule has 2 aliphatic rings. The summed E-state index contributed by atoms with van der Waals surface area (Å²) in [5.41, 5.74) is 2.74. The molecule has 1 saturated heterocycles. The van der Waals surface area contributed by atoms with E-state index in [2.05, 4.69) is 26.6 Å². The van der Waals surface area contributed by atoms with E-state index < -0.39 is 24.3 Å². The zero-order chi connectivity index (χ0) is 28.8. The van der Waals surface area contributed by atoms with Crippen LogP contribution in [0.1, 0.15) is 24.4 Å². The number of rotatable bonds is 3. The Hall–Kier alpha value is -3.88. The standard InChI is InChI=1S/C20H22N4O.2C2HF3O2/c1-3-16(12-21-7-1)18-13-22-19-11-20(15-24(18)19)5-8-23(9-6-20)14-17-4-2-10-25-17;2*3-2(4,5)1(6)7/h1-4,7,10,12-13H,5-6,8-9,11,14-15H2;2*(H,6,7). The molecular formula is C24H24F6N4O5. The quantitative estimate of drug-likeness (QED) is 0.443. The van der Waals surface area contributed by atoms with Gasteiger partial charge in [0.05, 0.1) is 24.7 Å². The van der Waals surface area contributed by atoms with Gasteiger partial charge in [-0.3, -0.25) is 9.88 Å². The van der Waals surface area contributed by atoms with Crippen molar-refractivity contribution in [1.82, 2.24) is 19.4 Å². The first-order valence-corrected chi connectivity index (χ1v) is 11.5. The Morgan fingerprint density at radius 1 is 0.974 bits per heavy atom. The number of fused-ring (bicyclic) bond motifs is 1. The van der Waals surface area contributed by atoms with Crippen molar-refractivity contribution in [1.29, 1.82) is 0 Å². The second-order valence-electron chi connectivity index (χ2n) is 9.03. The van der Waals surface area contributed by atoms with Crippen LogP contribution in [0.25, 0.3) is 11.3 Å². The molecule has 1 fully saturated rings. The third kappa shape index (κ3) is 8.05. The van der Waals surface area contributed by atoms with Gasteiger partial charge in [0, 0.05) is 30.9 Å². The molecule has 0 bridgehead atoms. The number of nitrogens with zero attached hydrogens (tertiary/aromatic N) is 4. The second kappa shape index (κ2) is 11.9. The maximum atomic E-state index is 10.6. The molecule has 0 radical (unpaired) electrons. The van der Waals surface area contributed by atoms with Gasteiger partial charge >= 0.3 is 24.3 Å². The Bertz CT molecular complexity index is 1210. The summed E-state index contributed by atoms with van der Waals surface area (Å²) in [7, 11) is 0. The number of piperidine rings is 1. The summed E-state index contributed by atoms with van der Waals surface area (Å²) in [6, 6.07) is 8.15. The van der Waals surface area contributed by atoms with Crippen LogP contribution in [0.3, 0.4) is 0 Å². The molecule has 2 aliphatic heterocycles. The molecule has 9 nitrogen and oxygen atoms in total. The summed E-state index contributed by atoms with van der Waals surface area (Å²) >= 11 is 0. The van der Waals surface area contributed by atoms with Crippen molar-refractivity contribution < 1.29 is 50.6 Å². The number of likely N-dealkylation sites (tertiary alicyclic amines) is 1. The van der Waals surface area contributed by atoms with Gasteiger partial charge in [-0.15, -0.1) is 0 Å². The minimum atomic E-state index is -5.08. The smallest absolute Gasteiger partial charge is 0.475 e. The van der Waals surface area contributed by atoms with E-state index in [1.807, 2.05) is 30.7 Å². The summed E-state index contributed by atoms with van der Waals surface area (Å²) in [6.07, 6.45) is 0.902. The van der Waals surface area contributed by atoms with Gasteiger partial charge in [0.1, 0.15) is 11.6 Å². The van der Waals surface area contributed by atoms with E-state index in [4.69, 9.17) is 29.2 Å². The Balaban J connectivity index is 0.000000251. The van der Waals surface area contributed by atoms with Crippen molar-refractivity contribution >= 4 is 11.9 Å². The van der Waals surface area contributed by atoms with E-state index in [1.165, 1.54) is 24.4 Å². The largest absolute Gasteiger partial charge is 0.490 e. The molecule has 5 rings (SSSR count). The first kappa shape index (κ1) is 29.7. The number of hydrogen-bond donors (Lipinski definition) is 2. The highest BCUT2D eigenvalue weighted by Gasteiger charge is 2.42. The maximum absolute atomic E-state index is 10.6. The van der Waals surface area contributed by atoms with Crippen LogP contribution in [0, 0.1) is 5.41 Å². The number of carboxylic acids is 2. The first-order chi connectivity index (χ1) is 18.2. The van der Waals surface area contributed by atoms with E-state index in [1.54, 1.807) is 6.26 Å². The summed E-state index contributed by atoms with van der Waals surface area (Å²) in [5.74, 6) is -3.22. The molecule has 0 unspecified atom stereocenters. The lowest BCUT2D eigenvalue weighted by Gasteiger charge is -2.38.